The number of aromatic hydroxyl groups is 1. The monoisotopic (exact) mass is 187 g/mol. The number of carbonyl (C=O) groups is 1. The maximum absolute atomic E-state index is 10.7. The Bertz CT molecular complexity index is 503. The molecule has 0 aliphatic carbocycles. The van der Waals surface area contributed by atoms with Gasteiger partial charge < -0.3 is 10.2 Å². The number of fused-ring (bicyclic) bond motifs is 1. The molecule has 0 amide bonds. The summed E-state index contributed by atoms with van der Waals surface area (Å²) < 4.78 is 0. The normalized spacial score (nSPS) is 10.3. The molecular formula is C11H7O3. The second-order valence-electron chi connectivity index (χ2n) is 2.92. The van der Waals surface area contributed by atoms with Crippen molar-refractivity contribution in [1.82, 2.24) is 0 Å². The highest BCUT2D eigenvalue weighted by Crippen LogP contribution is 2.23. The van der Waals surface area contributed by atoms with Crippen LogP contribution in [-0.4, -0.2) is 16.2 Å². The number of carboxylic acid groups (broad SMARTS) is 1. The number of carboxylic acids is 1. The van der Waals surface area contributed by atoms with Gasteiger partial charge in [-0.15, -0.1) is 0 Å². The van der Waals surface area contributed by atoms with Crippen molar-refractivity contribution in [2.45, 2.75) is 0 Å². The minimum atomic E-state index is -1.15. The van der Waals surface area contributed by atoms with E-state index >= 15 is 0 Å². The lowest BCUT2D eigenvalue weighted by molar-refractivity contribution is 0.0694. The van der Waals surface area contributed by atoms with E-state index in [-0.39, 0.29) is 11.3 Å². The second kappa shape index (κ2) is 3.03. The Labute approximate surface area is 80.2 Å². The van der Waals surface area contributed by atoms with E-state index in [0.717, 1.165) is 5.39 Å². The minimum absolute atomic E-state index is 0.122. The standard InChI is InChI=1S/C11H7O3/c12-10-6-8-4-2-1-3-7(8)5-9(10)11(13)14/h1-5,12H,(H,13,14). The van der Waals surface area contributed by atoms with Crippen molar-refractivity contribution in [1.29, 1.82) is 0 Å². The van der Waals surface area contributed by atoms with Gasteiger partial charge in [-0.05, 0) is 16.8 Å². The Hall–Kier alpha value is -2.03. The maximum atomic E-state index is 10.7. The largest absolute Gasteiger partial charge is 0.506 e. The van der Waals surface area contributed by atoms with E-state index in [2.05, 4.69) is 6.07 Å². The SMILES string of the molecule is O=C(O)c1cc2ccccc2[c]c1O. The third-order valence-corrected chi connectivity index (χ3v) is 2.00. The van der Waals surface area contributed by atoms with Gasteiger partial charge in [-0.25, -0.2) is 4.79 Å². The molecule has 0 fully saturated rings. The van der Waals surface area contributed by atoms with Crippen LogP contribution in [0.5, 0.6) is 5.75 Å². The van der Waals surface area contributed by atoms with Crippen LogP contribution in [0.25, 0.3) is 10.8 Å². The summed E-state index contributed by atoms with van der Waals surface area (Å²) in [5.74, 6) is -1.47. The Morgan fingerprint density at radius 3 is 2.71 bits per heavy atom. The van der Waals surface area contributed by atoms with E-state index in [0.29, 0.717) is 5.39 Å². The van der Waals surface area contributed by atoms with Gasteiger partial charge in [0.25, 0.3) is 0 Å². The fourth-order valence-corrected chi connectivity index (χ4v) is 1.32. The van der Waals surface area contributed by atoms with E-state index in [1.165, 1.54) is 6.07 Å². The second-order valence-corrected chi connectivity index (χ2v) is 2.92. The summed E-state index contributed by atoms with van der Waals surface area (Å²) >= 11 is 0. The molecule has 69 valence electrons. The first-order chi connectivity index (χ1) is 6.68. The number of phenols is 1. The fraction of sp³-hybridized carbons (Fsp3) is 0. The molecule has 0 bridgehead atoms. The summed E-state index contributed by atoms with van der Waals surface area (Å²) in [7, 11) is 0. The molecule has 2 N–H and O–H groups in total. The fourth-order valence-electron chi connectivity index (χ4n) is 1.32. The average Bonchev–Trinajstić information content (AvgIpc) is 2.16. The molecule has 2 aromatic rings. The molecule has 0 heterocycles. The maximum Gasteiger partial charge on any atom is 0.339 e. The van der Waals surface area contributed by atoms with E-state index < -0.39 is 5.97 Å². The lowest BCUT2D eigenvalue weighted by Crippen LogP contribution is -1.96. The van der Waals surface area contributed by atoms with Gasteiger partial charge in [0.05, 0.1) is 0 Å². The Balaban J connectivity index is 2.77. The zero-order valence-electron chi connectivity index (χ0n) is 7.19. The summed E-state index contributed by atoms with van der Waals surface area (Å²) in [5, 5.41) is 19.5. The zero-order chi connectivity index (χ0) is 10.1. The van der Waals surface area contributed by atoms with Crippen LogP contribution in [0.15, 0.2) is 30.3 Å². The summed E-state index contributed by atoms with van der Waals surface area (Å²) in [4.78, 5) is 10.7. The number of benzene rings is 2. The molecular weight excluding hydrogens is 180 g/mol. The molecule has 0 spiro atoms. The summed E-state index contributed by atoms with van der Waals surface area (Å²) in [5.41, 5.74) is -0.122. The van der Waals surface area contributed by atoms with E-state index in [9.17, 15) is 9.90 Å². The van der Waals surface area contributed by atoms with Crippen molar-refractivity contribution in [2.24, 2.45) is 0 Å². The van der Waals surface area contributed by atoms with Crippen LogP contribution in [-0.2, 0) is 0 Å². The molecule has 0 aromatic heterocycles. The molecule has 14 heavy (non-hydrogen) atoms. The molecule has 2 rings (SSSR count). The number of rotatable bonds is 1. The van der Waals surface area contributed by atoms with Gasteiger partial charge >= 0.3 is 5.97 Å². The zero-order valence-corrected chi connectivity index (χ0v) is 7.19. The molecule has 0 unspecified atom stereocenters. The van der Waals surface area contributed by atoms with Crippen LogP contribution in [0.2, 0.25) is 0 Å². The predicted molar refractivity (Wildman–Crippen MR) is 51.4 cm³/mol. The molecule has 3 heteroatoms. The molecule has 0 aliphatic heterocycles. The van der Waals surface area contributed by atoms with Crippen LogP contribution in [0.3, 0.4) is 0 Å². The van der Waals surface area contributed by atoms with Gasteiger partial charge in [0.15, 0.2) is 0 Å². The molecule has 0 saturated carbocycles. The first-order valence-corrected chi connectivity index (χ1v) is 4.06. The molecule has 0 atom stereocenters. The van der Waals surface area contributed by atoms with E-state index in [1.54, 1.807) is 24.3 Å². The Morgan fingerprint density at radius 2 is 2.00 bits per heavy atom. The van der Waals surface area contributed by atoms with Crippen LogP contribution in [0.4, 0.5) is 0 Å². The topological polar surface area (TPSA) is 57.5 Å². The van der Waals surface area contributed by atoms with Crippen molar-refractivity contribution < 1.29 is 15.0 Å². The Morgan fingerprint density at radius 1 is 1.29 bits per heavy atom. The van der Waals surface area contributed by atoms with Crippen LogP contribution >= 0.6 is 0 Å². The highest BCUT2D eigenvalue weighted by atomic mass is 16.4. The highest BCUT2D eigenvalue weighted by molar-refractivity contribution is 5.97. The molecule has 0 aliphatic rings. The summed E-state index contributed by atoms with van der Waals surface area (Å²) in [6, 6.07) is 11.2. The summed E-state index contributed by atoms with van der Waals surface area (Å²) in [6.45, 7) is 0. The lowest BCUT2D eigenvalue weighted by atomic mass is 10.1. The lowest BCUT2D eigenvalue weighted by Gasteiger charge is -2.01. The Kier molecular flexibility index (Phi) is 1.85. The molecule has 0 saturated heterocycles. The number of aromatic carboxylic acids is 1. The summed E-state index contributed by atoms with van der Waals surface area (Å²) in [6.07, 6.45) is 0. The van der Waals surface area contributed by atoms with Gasteiger partial charge in [0, 0.05) is 6.07 Å². The van der Waals surface area contributed by atoms with Gasteiger partial charge in [-0.1, -0.05) is 24.3 Å². The predicted octanol–water partition coefficient (Wildman–Crippen LogP) is 2.04. The van der Waals surface area contributed by atoms with E-state index in [1.807, 2.05) is 0 Å². The van der Waals surface area contributed by atoms with Crippen LogP contribution in [0.1, 0.15) is 10.4 Å². The third-order valence-electron chi connectivity index (χ3n) is 2.00. The van der Waals surface area contributed by atoms with Crippen LogP contribution < -0.4 is 0 Å². The first-order valence-electron chi connectivity index (χ1n) is 4.06. The van der Waals surface area contributed by atoms with E-state index in [4.69, 9.17) is 5.11 Å². The minimum Gasteiger partial charge on any atom is -0.506 e. The third kappa shape index (κ3) is 1.29. The van der Waals surface area contributed by atoms with Crippen molar-refractivity contribution in [3.8, 4) is 5.75 Å². The molecule has 3 nitrogen and oxygen atoms in total. The first kappa shape index (κ1) is 8.56. The molecule has 1 radical (unpaired) electrons. The smallest absolute Gasteiger partial charge is 0.339 e. The quantitative estimate of drug-likeness (QED) is 0.718. The van der Waals surface area contributed by atoms with Gasteiger partial charge in [-0.2, -0.15) is 0 Å². The number of hydrogen-bond acceptors (Lipinski definition) is 2. The number of hydrogen-bond donors (Lipinski definition) is 2. The van der Waals surface area contributed by atoms with Crippen molar-refractivity contribution in [3.05, 3.63) is 42.0 Å². The molecule has 2 aromatic carbocycles. The highest BCUT2D eigenvalue weighted by Gasteiger charge is 2.10. The van der Waals surface area contributed by atoms with Crippen molar-refractivity contribution in [2.75, 3.05) is 0 Å². The van der Waals surface area contributed by atoms with Gasteiger partial charge in [0.2, 0.25) is 0 Å². The van der Waals surface area contributed by atoms with Crippen LogP contribution in [0, 0.1) is 6.07 Å². The van der Waals surface area contributed by atoms with Gasteiger partial charge in [0.1, 0.15) is 11.3 Å². The van der Waals surface area contributed by atoms with Crippen molar-refractivity contribution >= 4 is 16.7 Å². The van der Waals surface area contributed by atoms with Gasteiger partial charge in [-0.3, -0.25) is 0 Å². The van der Waals surface area contributed by atoms with Crippen molar-refractivity contribution in [3.63, 3.8) is 0 Å². The average molecular weight is 187 g/mol.